The van der Waals surface area contributed by atoms with Gasteiger partial charge in [-0.25, -0.2) is 9.78 Å². The van der Waals surface area contributed by atoms with E-state index >= 15 is 0 Å². The van der Waals surface area contributed by atoms with E-state index in [1.165, 1.54) is 50.5 Å². The van der Waals surface area contributed by atoms with Crippen LogP contribution < -0.4 is 0 Å². The van der Waals surface area contributed by atoms with Crippen LogP contribution in [0.25, 0.3) is 0 Å². The SMILES string of the molecule is CC(CCCCCCc1ccccc1)CC(C)C[C@]1(C)C[C@]2(C)OC(=O)C[C@@H]2OO1. The first-order valence-corrected chi connectivity index (χ1v) is 11.9. The van der Waals surface area contributed by atoms with Crippen molar-refractivity contribution in [1.82, 2.24) is 0 Å². The number of rotatable bonds is 11. The molecule has 4 heteroatoms. The Morgan fingerprint density at radius 1 is 1.03 bits per heavy atom. The molecular formula is C26H40O4. The number of ether oxygens (including phenoxy) is 1. The van der Waals surface area contributed by atoms with Gasteiger partial charge in [-0.2, -0.15) is 0 Å². The van der Waals surface area contributed by atoms with E-state index in [-0.39, 0.29) is 12.1 Å². The van der Waals surface area contributed by atoms with Crippen molar-refractivity contribution >= 4 is 5.97 Å². The lowest BCUT2D eigenvalue weighted by molar-refractivity contribution is -0.429. The molecule has 3 rings (SSSR count). The van der Waals surface area contributed by atoms with Gasteiger partial charge in [-0.05, 0) is 56.9 Å². The summed E-state index contributed by atoms with van der Waals surface area (Å²) in [5.74, 6) is 1.08. The predicted molar refractivity (Wildman–Crippen MR) is 119 cm³/mol. The Morgan fingerprint density at radius 3 is 2.53 bits per heavy atom. The van der Waals surface area contributed by atoms with Crippen molar-refractivity contribution in [2.24, 2.45) is 11.8 Å². The molecule has 168 valence electrons. The molecule has 2 unspecified atom stereocenters. The first-order chi connectivity index (χ1) is 14.3. The smallest absolute Gasteiger partial charge is 0.309 e. The van der Waals surface area contributed by atoms with Crippen molar-refractivity contribution in [2.45, 2.75) is 109 Å². The van der Waals surface area contributed by atoms with Crippen LogP contribution in [0, 0.1) is 11.8 Å². The first kappa shape index (κ1) is 23.3. The van der Waals surface area contributed by atoms with Gasteiger partial charge in [-0.3, -0.25) is 4.79 Å². The summed E-state index contributed by atoms with van der Waals surface area (Å²) in [5.41, 5.74) is 0.511. The maximum atomic E-state index is 11.7. The Labute approximate surface area is 182 Å². The van der Waals surface area contributed by atoms with Gasteiger partial charge in [0, 0.05) is 6.42 Å². The summed E-state index contributed by atoms with van der Waals surface area (Å²) in [6.07, 6.45) is 10.6. The average molecular weight is 417 g/mol. The number of benzene rings is 1. The van der Waals surface area contributed by atoms with Gasteiger partial charge in [0.25, 0.3) is 0 Å². The normalized spacial score (nSPS) is 30.5. The van der Waals surface area contributed by atoms with Gasteiger partial charge < -0.3 is 4.74 Å². The highest BCUT2D eigenvalue weighted by atomic mass is 17.2. The minimum absolute atomic E-state index is 0.180. The lowest BCUT2D eigenvalue weighted by Gasteiger charge is -2.44. The Hall–Kier alpha value is -1.39. The van der Waals surface area contributed by atoms with E-state index in [4.69, 9.17) is 14.5 Å². The molecule has 0 amide bonds. The summed E-state index contributed by atoms with van der Waals surface area (Å²) in [6.45, 7) is 8.75. The van der Waals surface area contributed by atoms with Crippen molar-refractivity contribution in [2.75, 3.05) is 0 Å². The van der Waals surface area contributed by atoms with Crippen LogP contribution in [-0.2, 0) is 25.7 Å². The summed E-state index contributed by atoms with van der Waals surface area (Å²) in [7, 11) is 0. The molecular weight excluding hydrogens is 376 g/mol. The molecule has 30 heavy (non-hydrogen) atoms. The number of carbonyl (C=O) groups is 1. The van der Waals surface area contributed by atoms with Crippen LogP contribution in [0.1, 0.15) is 91.0 Å². The number of aryl methyl sites for hydroxylation is 1. The average Bonchev–Trinajstić information content (AvgIpc) is 2.97. The monoisotopic (exact) mass is 416 g/mol. The number of hydrogen-bond acceptors (Lipinski definition) is 4. The first-order valence-electron chi connectivity index (χ1n) is 11.9. The number of hydrogen-bond donors (Lipinski definition) is 0. The topological polar surface area (TPSA) is 44.8 Å². The lowest BCUT2D eigenvalue weighted by atomic mass is 9.78. The third kappa shape index (κ3) is 6.55. The summed E-state index contributed by atoms with van der Waals surface area (Å²) >= 11 is 0. The molecule has 0 spiro atoms. The number of esters is 1. The lowest BCUT2D eigenvalue weighted by Crippen LogP contribution is -2.52. The molecule has 0 radical (unpaired) electrons. The maximum Gasteiger partial charge on any atom is 0.309 e. The highest BCUT2D eigenvalue weighted by Crippen LogP contribution is 2.45. The van der Waals surface area contributed by atoms with Crippen LogP contribution in [0.5, 0.6) is 0 Å². The Balaban J connectivity index is 1.30. The second kappa shape index (κ2) is 10.3. The van der Waals surface area contributed by atoms with Crippen LogP contribution >= 0.6 is 0 Å². The van der Waals surface area contributed by atoms with Gasteiger partial charge in [0.2, 0.25) is 0 Å². The third-order valence-electron chi connectivity index (χ3n) is 6.81. The summed E-state index contributed by atoms with van der Waals surface area (Å²) in [4.78, 5) is 23.0. The van der Waals surface area contributed by atoms with Gasteiger partial charge in [-0.1, -0.05) is 69.9 Å². The van der Waals surface area contributed by atoms with Crippen LogP contribution in [0.3, 0.4) is 0 Å². The second-order valence-corrected chi connectivity index (χ2v) is 10.4. The molecule has 2 aliphatic rings. The van der Waals surface area contributed by atoms with E-state index in [0.29, 0.717) is 18.8 Å². The Kier molecular flexibility index (Phi) is 7.98. The van der Waals surface area contributed by atoms with Crippen molar-refractivity contribution in [3.8, 4) is 0 Å². The highest BCUT2D eigenvalue weighted by Gasteiger charge is 2.55. The summed E-state index contributed by atoms with van der Waals surface area (Å²) < 4.78 is 5.58. The predicted octanol–water partition coefficient (Wildman–Crippen LogP) is 6.42. The minimum atomic E-state index is -0.546. The van der Waals surface area contributed by atoms with Gasteiger partial charge in [0.15, 0.2) is 0 Å². The van der Waals surface area contributed by atoms with E-state index < -0.39 is 11.2 Å². The van der Waals surface area contributed by atoms with Crippen molar-refractivity contribution in [1.29, 1.82) is 0 Å². The van der Waals surface area contributed by atoms with Gasteiger partial charge in [0.05, 0.1) is 6.42 Å². The number of carbonyl (C=O) groups excluding carboxylic acids is 1. The van der Waals surface area contributed by atoms with E-state index in [9.17, 15) is 4.79 Å². The zero-order valence-corrected chi connectivity index (χ0v) is 19.3. The standard InChI is InChI=1S/C26H40O4/c1-20(12-8-5-6-9-13-22-14-10-7-11-15-22)16-21(2)18-25(3)19-26(4)23(29-30-25)17-24(27)28-26/h7,10-11,14-15,20-21,23H,5-6,8-9,12-13,16-19H2,1-4H3/t20?,21?,23-,25+,26-/m0/s1. The molecule has 1 aromatic rings. The minimum Gasteiger partial charge on any atom is -0.456 e. The van der Waals surface area contributed by atoms with Crippen molar-refractivity contribution in [3.05, 3.63) is 35.9 Å². The second-order valence-electron chi connectivity index (χ2n) is 10.4. The fraction of sp³-hybridized carbons (Fsp3) is 0.731. The molecule has 2 aliphatic heterocycles. The molecule has 2 heterocycles. The number of unbranched alkanes of at least 4 members (excludes halogenated alkanes) is 3. The summed E-state index contributed by atoms with van der Waals surface area (Å²) in [6, 6.07) is 10.8. The molecule has 0 bridgehead atoms. The van der Waals surface area contributed by atoms with Gasteiger partial charge >= 0.3 is 5.97 Å². The molecule has 4 nitrogen and oxygen atoms in total. The van der Waals surface area contributed by atoms with Gasteiger partial charge in [0.1, 0.15) is 17.3 Å². The molecule has 2 saturated heterocycles. The molecule has 0 aromatic heterocycles. The molecule has 2 fully saturated rings. The Morgan fingerprint density at radius 2 is 1.77 bits per heavy atom. The highest BCUT2D eigenvalue weighted by molar-refractivity contribution is 5.73. The Bertz CT molecular complexity index is 675. The van der Waals surface area contributed by atoms with Crippen LogP contribution in [0.15, 0.2) is 30.3 Å². The molecule has 0 saturated carbocycles. The molecule has 0 aliphatic carbocycles. The largest absolute Gasteiger partial charge is 0.456 e. The quantitative estimate of drug-likeness (QED) is 0.237. The fourth-order valence-electron chi connectivity index (χ4n) is 5.52. The fourth-order valence-corrected chi connectivity index (χ4v) is 5.52. The maximum absolute atomic E-state index is 11.7. The van der Waals surface area contributed by atoms with Crippen LogP contribution in [-0.4, -0.2) is 23.3 Å². The van der Waals surface area contributed by atoms with Crippen LogP contribution in [0.4, 0.5) is 0 Å². The van der Waals surface area contributed by atoms with Gasteiger partial charge in [-0.15, -0.1) is 0 Å². The van der Waals surface area contributed by atoms with Crippen molar-refractivity contribution in [3.63, 3.8) is 0 Å². The van der Waals surface area contributed by atoms with Crippen LogP contribution in [0.2, 0.25) is 0 Å². The summed E-state index contributed by atoms with van der Waals surface area (Å²) in [5, 5.41) is 0. The zero-order chi connectivity index (χ0) is 21.6. The third-order valence-corrected chi connectivity index (χ3v) is 6.81. The van der Waals surface area contributed by atoms with E-state index in [2.05, 4.69) is 51.1 Å². The zero-order valence-electron chi connectivity index (χ0n) is 19.3. The van der Waals surface area contributed by atoms with E-state index in [1.807, 2.05) is 6.92 Å². The molecule has 0 N–H and O–H groups in total. The molecule has 5 atom stereocenters. The van der Waals surface area contributed by atoms with E-state index in [0.717, 1.165) is 12.3 Å². The van der Waals surface area contributed by atoms with Crippen molar-refractivity contribution < 1.29 is 19.3 Å². The number of fused-ring (bicyclic) bond motifs is 1. The van der Waals surface area contributed by atoms with E-state index in [1.54, 1.807) is 0 Å². The molecule has 1 aromatic carbocycles.